The van der Waals surface area contributed by atoms with Gasteiger partial charge in [-0.25, -0.2) is 9.18 Å². The summed E-state index contributed by atoms with van der Waals surface area (Å²) in [5.41, 5.74) is 8.77. The summed E-state index contributed by atoms with van der Waals surface area (Å²) in [7, 11) is 0. The minimum Gasteiger partial charge on any atom is -0.461 e. The summed E-state index contributed by atoms with van der Waals surface area (Å²) < 4.78 is 21.1. The molecular weight excluding hydrogens is 355 g/mol. The van der Waals surface area contributed by atoms with E-state index in [1.807, 2.05) is 28.8 Å². The molecule has 2 N–H and O–H groups in total. The minimum absolute atomic E-state index is 0.122. The summed E-state index contributed by atoms with van der Waals surface area (Å²) >= 11 is 0. The van der Waals surface area contributed by atoms with E-state index in [0.717, 1.165) is 21.9 Å². The van der Waals surface area contributed by atoms with Gasteiger partial charge in [0.25, 0.3) is 0 Å². The molecule has 1 heterocycles. The van der Waals surface area contributed by atoms with Crippen LogP contribution in [0.4, 0.5) is 4.39 Å². The van der Waals surface area contributed by atoms with Crippen molar-refractivity contribution in [3.8, 4) is 0 Å². The van der Waals surface area contributed by atoms with Crippen LogP contribution in [0.15, 0.2) is 60.7 Å². The number of nitrogens with zero attached hydrogens (tertiary/aromatic N) is 1. The molecule has 0 amide bonds. The van der Waals surface area contributed by atoms with Crippen LogP contribution in [0.5, 0.6) is 0 Å². The molecule has 0 unspecified atom stereocenters. The van der Waals surface area contributed by atoms with Gasteiger partial charge < -0.3 is 15.0 Å². The Kier molecular flexibility index (Phi) is 4.84. The van der Waals surface area contributed by atoms with Crippen molar-refractivity contribution in [1.82, 2.24) is 4.57 Å². The molecule has 0 aliphatic rings. The van der Waals surface area contributed by atoms with Crippen LogP contribution < -0.4 is 5.73 Å². The predicted octanol–water partition coefficient (Wildman–Crippen LogP) is 4.62. The molecule has 142 valence electrons. The van der Waals surface area contributed by atoms with Crippen LogP contribution in [-0.4, -0.2) is 17.1 Å². The SMILES string of the molecule is CCOC(=O)c1c(CN)c2cc(F)ccc2n1Cc1cccc2ccccc12. The number of aromatic nitrogens is 1. The van der Waals surface area contributed by atoms with Crippen molar-refractivity contribution in [2.75, 3.05) is 6.61 Å². The lowest BCUT2D eigenvalue weighted by molar-refractivity contribution is 0.0513. The first-order chi connectivity index (χ1) is 13.6. The number of esters is 1. The Hall–Kier alpha value is -3.18. The third-order valence-electron chi connectivity index (χ3n) is 5.01. The number of hydrogen-bond acceptors (Lipinski definition) is 3. The summed E-state index contributed by atoms with van der Waals surface area (Å²) in [6, 6.07) is 18.7. The van der Waals surface area contributed by atoms with Gasteiger partial charge in [0.15, 0.2) is 0 Å². The van der Waals surface area contributed by atoms with Crippen molar-refractivity contribution in [3.63, 3.8) is 0 Å². The second-order valence-corrected chi connectivity index (χ2v) is 6.64. The standard InChI is InChI=1S/C23H21FN2O2/c1-2-28-23(27)22-20(13-25)19-12-17(24)10-11-21(19)26(22)14-16-8-5-7-15-6-3-4-9-18(15)16/h3-12H,2,13-14,25H2,1H3. The molecule has 5 heteroatoms. The highest BCUT2D eigenvalue weighted by atomic mass is 19.1. The van der Waals surface area contributed by atoms with E-state index in [-0.39, 0.29) is 19.0 Å². The van der Waals surface area contributed by atoms with E-state index in [9.17, 15) is 9.18 Å². The number of nitrogens with two attached hydrogens (primary N) is 1. The van der Waals surface area contributed by atoms with Crippen LogP contribution in [0.25, 0.3) is 21.7 Å². The molecule has 4 rings (SSSR count). The average molecular weight is 376 g/mol. The Morgan fingerprint density at radius 3 is 2.64 bits per heavy atom. The molecule has 28 heavy (non-hydrogen) atoms. The summed E-state index contributed by atoms with van der Waals surface area (Å²) in [5, 5.41) is 2.88. The Balaban J connectivity index is 1.96. The van der Waals surface area contributed by atoms with Gasteiger partial charge in [0.1, 0.15) is 11.5 Å². The monoisotopic (exact) mass is 376 g/mol. The highest BCUT2D eigenvalue weighted by Gasteiger charge is 2.23. The summed E-state index contributed by atoms with van der Waals surface area (Å²) in [6.45, 7) is 2.60. The first-order valence-corrected chi connectivity index (χ1v) is 9.28. The molecule has 0 saturated heterocycles. The molecule has 4 nitrogen and oxygen atoms in total. The van der Waals surface area contributed by atoms with Crippen LogP contribution in [0.3, 0.4) is 0 Å². The summed E-state index contributed by atoms with van der Waals surface area (Å²) in [5.74, 6) is -0.806. The van der Waals surface area contributed by atoms with Gasteiger partial charge in [-0.3, -0.25) is 0 Å². The number of ether oxygens (including phenoxy) is 1. The number of carbonyl (C=O) groups excluding carboxylic acids is 1. The Bertz CT molecular complexity index is 1170. The number of fused-ring (bicyclic) bond motifs is 2. The molecule has 1 aromatic heterocycles. The molecule has 0 spiro atoms. The maximum absolute atomic E-state index is 13.9. The quantitative estimate of drug-likeness (QED) is 0.517. The maximum Gasteiger partial charge on any atom is 0.355 e. The summed E-state index contributed by atoms with van der Waals surface area (Å²) in [6.07, 6.45) is 0. The maximum atomic E-state index is 13.9. The van der Waals surface area contributed by atoms with E-state index in [4.69, 9.17) is 10.5 Å². The van der Waals surface area contributed by atoms with Crippen molar-refractivity contribution in [2.45, 2.75) is 20.0 Å². The molecular formula is C23H21FN2O2. The third-order valence-corrected chi connectivity index (χ3v) is 5.01. The van der Waals surface area contributed by atoms with Gasteiger partial charge in [-0.15, -0.1) is 0 Å². The average Bonchev–Trinajstić information content (AvgIpc) is 3.01. The van der Waals surface area contributed by atoms with E-state index >= 15 is 0 Å². The zero-order valence-corrected chi connectivity index (χ0v) is 15.6. The largest absolute Gasteiger partial charge is 0.461 e. The number of benzene rings is 3. The molecule has 0 aliphatic carbocycles. The first-order valence-electron chi connectivity index (χ1n) is 9.28. The number of hydrogen-bond donors (Lipinski definition) is 1. The van der Waals surface area contributed by atoms with Gasteiger partial charge in [0, 0.05) is 29.6 Å². The van der Waals surface area contributed by atoms with Gasteiger partial charge in [-0.05, 0) is 41.5 Å². The Morgan fingerprint density at radius 2 is 1.86 bits per heavy atom. The van der Waals surface area contributed by atoms with Crippen LogP contribution in [-0.2, 0) is 17.8 Å². The fourth-order valence-corrected chi connectivity index (χ4v) is 3.80. The third kappa shape index (κ3) is 3.04. The van der Waals surface area contributed by atoms with Gasteiger partial charge in [0.2, 0.25) is 0 Å². The fourth-order valence-electron chi connectivity index (χ4n) is 3.80. The van der Waals surface area contributed by atoms with Crippen molar-refractivity contribution >= 4 is 27.6 Å². The van der Waals surface area contributed by atoms with E-state index < -0.39 is 5.97 Å². The van der Waals surface area contributed by atoms with Crippen molar-refractivity contribution in [1.29, 1.82) is 0 Å². The van der Waals surface area contributed by atoms with Crippen LogP contribution in [0.1, 0.15) is 28.5 Å². The second kappa shape index (κ2) is 7.44. The first kappa shape index (κ1) is 18.2. The zero-order chi connectivity index (χ0) is 19.7. The van der Waals surface area contributed by atoms with Crippen LogP contribution >= 0.6 is 0 Å². The van der Waals surface area contributed by atoms with Crippen LogP contribution in [0, 0.1) is 5.82 Å². The molecule has 0 radical (unpaired) electrons. The number of carbonyl (C=O) groups is 1. The molecule has 0 atom stereocenters. The minimum atomic E-state index is -0.445. The van der Waals surface area contributed by atoms with Crippen molar-refractivity contribution in [3.05, 3.63) is 83.3 Å². The molecule has 4 aromatic rings. The molecule has 0 fully saturated rings. The normalized spacial score (nSPS) is 11.2. The highest BCUT2D eigenvalue weighted by Crippen LogP contribution is 2.30. The van der Waals surface area contributed by atoms with Crippen LogP contribution in [0.2, 0.25) is 0 Å². The predicted molar refractivity (Wildman–Crippen MR) is 109 cm³/mol. The van der Waals surface area contributed by atoms with Gasteiger partial charge >= 0.3 is 5.97 Å². The molecule has 3 aromatic carbocycles. The highest BCUT2D eigenvalue weighted by molar-refractivity contribution is 5.99. The Labute approximate surface area is 162 Å². The van der Waals surface area contributed by atoms with Crippen molar-refractivity contribution in [2.24, 2.45) is 5.73 Å². The number of halogens is 1. The van der Waals surface area contributed by atoms with Gasteiger partial charge in [-0.2, -0.15) is 0 Å². The number of rotatable bonds is 5. The van der Waals surface area contributed by atoms with E-state index in [2.05, 4.69) is 18.2 Å². The Morgan fingerprint density at radius 1 is 1.07 bits per heavy atom. The smallest absolute Gasteiger partial charge is 0.355 e. The lowest BCUT2D eigenvalue weighted by atomic mass is 10.0. The lowest BCUT2D eigenvalue weighted by Crippen LogP contribution is -2.16. The topological polar surface area (TPSA) is 57.2 Å². The summed E-state index contributed by atoms with van der Waals surface area (Å²) in [4.78, 5) is 12.8. The van der Waals surface area contributed by atoms with Gasteiger partial charge in [0.05, 0.1) is 6.61 Å². The molecule has 0 saturated carbocycles. The van der Waals surface area contributed by atoms with E-state index in [1.165, 1.54) is 12.1 Å². The van der Waals surface area contributed by atoms with E-state index in [0.29, 0.717) is 23.2 Å². The van der Waals surface area contributed by atoms with E-state index in [1.54, 1.807) is 13.0 Å². The lowest BCUT2D eigenvalue weighted by Gasteiger charge is -2.13. The second-order valence-electron chi connectivity index (χ2n) is 6.64. The van der Waals surface area contributed by atoms with Gasteiger partial charge in [-0.1, -0.05) is 42.5 Å². The molecule has 0 bridgehead atoms. The fraction of sp³-hybridized carbons (Fsp3) is 0.174. The molecule has 0 aliphatic heterocycles. The zero-order valence-electron chi connectivity index (χ0n) is 15.6. The van der Waals surface area contributed by atoms with Crippen molar-refractivity contribution < 1.29 is 13.9 Å².